The number of carbonyl (C=O) groups excluding carboxylic acids is 1. The highest BCUT2D eigenvalue weighted by Gasteiger charge is 2.34. The number of nitrogen functional groups attached to an aromatic ring is 1. The van der Waals surface area contributed by atoms with E-state index in [-0.39, 0.29) is 16.9 Å². The van der Waals surface area contributed by atoms with Gasteiger partial charge in [-0.1, -0.05) is 22.0 Å². The second-order valence-corrected chi connectivity index (χ2v) is 5.18. The number of benzene rings is 2. The summed E-state index contributed by atoms with van der Waals surface area (Å²) in [6.45, 7) is 0. The molecule has 0 fully saturated rings. The van der Waals surface area contributed by atoms with E-state index in [1.807, 2.05) is 0 Å². The number of halogens is 4. The van der Waals surface area contributed by atoms with Crippen molar-refractivity contribution < 1.29 is 18.0 Å². The first-order chi connectivity index (χ1) is 9.77. The summed E-state index contributed by atoms with van der Waals surface area (Å²) in [5.41, 5.74) is 4.27. The van der Waals surface area contributed by atoms with Crippen molar-refractivity contribution in [1.82, 2.24) is 0 Å². The van der Waals surface area contributed by atoms with Gasteiger partial charge in [-0.2, -0.15) is 13.2 Å². The van der Waals surface area contributed by atoms with Gasteiger partial charge < -0.3 is 11.1 Å². The molecule has 3 N–H and O–H groups in total. The summed E-state index contributed by atoms with van der Waals surface area (Å²) in [7, 11) is 0. The number of nitrogens with one attached hydrogen (secondary N) is 1. The van der Waals surface area contributed by atoms with Crippen LogP contribution >= 0.6 is 15.9 Å². The third-order valence-corrected chi connectivity index (χ3v) is 3.18. The van der Waals surface area contributed by atoms with Crippen LogP contribution in [-0.4, -0.2) is 5.91 Å². The van der Waals surface area contributed by atoms with Gasteiger partial charge in [-0.3, -0.25) is 4.79 Å². The average Bonchev–Trinajstić information content (AvgIpc) is 2.39. The second kappa shape index (κ2) is 5.77. The first kappa shape index (κ1) is 15.4. The smallest absolute Gasteiger partial charge is 0.399 e. The van der Waals surface area contributed by atoms with E-state index in [4.69, 9.17) is 5.73 Å². The summed E-state index contributed by atoms with van der Waals surface area (Å²) < 4.78 is 39.4. The van der Waals surface area contributed by atoms with Crippen LogP contribution in [-0.2, 0) is 6.18 Å². The standard InChI is InChI=1S/C14H10BrF3N2O/c15-9-3-1-2-8(6-9)13(21)20-12-5-4-10(19)7-11(12)14(16,17)18/h1-7H,19H2,(H,20,21). The lowest BCUT2D eigenvalue weighted by Gasteiger charge is -2.14. The van der Waals surface area contributed by atoms with Crippen LogP contribution in [0.3, 0.4) is 0 Å². The fraction of sp³-hybridized carbons (Fsp3) is 0.0714. The van der Waals surface area contributed by atoms with Crippen LogP contribution in [0, 0.1) is 0 Å². The van der Waals surface area contributed by atoms with Gasteiger partial charge in [-0.05, 0) is 36.4 Å². The Morgan fingerprint density at radius 1 is 1.14 bits per heavy atom. The van der Waals surface area contributed by atoms with Crippen molar-refractivity contribution in [2.45, 2.75) is 6.18 Å². The molecule has 0 spiro atoms. The molecule has 2 aromatic carbocycles. The van der Waals surface area contributed by atoms with E-state index in [1.54, 1.807) is 12.1 Å². The first-order valence-corrected chi connectivity index (χ1v) is 6.60. The maximum Gasteiger partial charge on any atom is 0.418 e. The van der Waals surface area contributed by atoms with Crippen LogP contribution in [0.1, 0.15) is 15.9 Å². The van der Waals surface area contributed by atoms with Gasteiger partial charge in [0.2, 0.25) is 0 Å². The molecule has 3 nitrogen and oxygen atoms in total. The molecular formula is C14H10BrF3N2O. The molecule has 0 heterocycles. The molecular weight excluding hydrogens is 349 g/mol. The third kappa shape index (κ3) is 3.75. The van der Waals surface area contributed by atoms with Gasteiger partial charge in [0.1, 0.15) is 0 Å². The molecule has 0 radical (unpaired) electrons. The van der Waals surface area contributed by atoms with Crippen molar-refractivity contribution in [3.63, 3.8) is 0 Å². The number of alkyl halides is 3. The summed E-state index contributed by atoms with van der Waals surface area (Å²) in [6, 6.07) is 9.56. The van der Waals surface area contributed by atoms with Crippen molar-refractivity contribution in [3.8, 4) is 0 Å². The van der Waals surface area contributed by atoms with Gasteiger partial charge >= 0.3 is 6.18 Å². The Balaban J connectivity index is 2.34. The highest BCUT2D eigenvalue weighted by Crippen LogP contribution is 2.36. The number of nitrogens with two attached hydrogens (primary N) is 1. The molecule has 0 saturated carbocycles. The topological polar surface area (TPSA) is 55.1 Å². The Hall–Kier alpha value is -2.02. The number of carbonyl (C=O) groups is 1. The zero-order valence-electron chi connectivity index (χ0n) is 10.5. The lowest BCUT2D eigenvalue weighted by atomic mass is 10.1. The van der Waals surface area contributed by atoms with E-state index < -0.39 is 17.6 Å². The van der Waals surface area contributed by atoms with E-state index in [2.05, 4.69) is 21.2 Å². The van der Waals surface area contributed by atoms with Gasteiger partial charge in [-0.15, -0.1) is 0 Å². The van der Waals surface area contributed by atoms with E-state index in [1.165, 1.54) is 18.2 Å². The molecule has 7 heteroatoms. The predicted octanol–water partition coefficient (Wildman–Crippen LogP) is 4.30. The number of anilines is 2. The molecule has 2 rings (SSSR count). The molecule has 1 amide bonds. The fourth-order valence-corrected chi connectivity index (χ4v) is 2.13. The maximum absolute atomic E-state index is 12.9. The second-order valence-electron chi connectivity index (χ2n) is 4.27. The van der Waals surface area contributed by atoms with Crippen LogP contribution < -0.4 is 11.1 Å². The molecule has 110 valence electrons. The minimum Gasteiger partial charge on any atom is -0.399 e. The van der Waals surface area contributed by atoms with Gasteiger partial charge in [-0.25, -0.2) is 0 Å². The van der Waals surface area contributed by atoms with Crippen LogP contribution in [0.25, 0.3) is 0 Å². The Morgan fingerprint density at radius 2 is 1.86 bits per heavy atom. The van der Waals surface area contributed by atoms with Gasteiger partial charge in [0, 0.05) is 15.7 Å². The fourth-order valence-electron chi connectivity index (χ4n) is 1.73. The van der Waals surface area contributed by atoms with Crippen LogP contribution in [0.5, 0.6) is 0 Å². The van der Waals surface area contributed by atoms with Crippen molar-refractivity contribution >= 4 is 33.2 Å². The highest BCUT2D eigenvalue weighted by atomic mass is 79.9. The monoisotopic (exact) mass is 358 g/mol. The van der Waals surface area contributed by atoms with Crippen molar-refractivity contribution in [2.24, 2.45) is 0 Å². The molecule has 0 aromatic heterocycles. The third-order valence-electron chi connectivity index (χ3n) is 2.68. The van der Waals surface area contributed by atoms with Crippen molar-refractivity contribution in [2.75, 3.05) is 11.1 Å². The Kier molecular flexibility index (Phi) is 4.22. The minimum absolute atomic E-state index is 0.0252. The lowest BCUT2D eigenvalue weighted by molar-refractivity contribution is -0.136. The Labute approximate surface area is 127 Å². The summed E-state index contributed by atoms with van der Waals surface area (Å²) in [4.78, 5) is 12.0. The van der Waals surface area contributed by atoms with Gasteiger partial charge in [0.25, 0.3) is 5.91 Å². The summed E-state index contributed by atoms with van der Waals surface area (Å²) in [5.74, 6) is -0.633. The number of hydrogen-bond acceptors (Lipinski definition) is 2. The summed E-state index contributed by atoms with van der Waals surface area (Å²) in [6.07, 6.45) is -4.60. The first-order valence-electron chi connectivity index (χ1n) is 5.81. The van der Waals surface area contributed by atoms with Gasteiger partial charge in [0.05, 0.1) is 11.3 Å². The van der Waals surface area contributed by atoms with Gasteiger partial charge in [0.15, 0.2) is 0 Å². The molecule has 0 aliphatic heterocycles. The largest absolute Gasteiger partial charge is 0.418 e. The molecule has 0 aliphatic rings. The van der Waals surface area contributed by atoms with Crippen LogP contribution in [0.2, 0.25) is 0 Å². The average molecular weight is 359 g/mol. The van der Waals surface area contributed by atoms with E-state index in [9.17, 15) is 18.0 Å². The number of rotatable bonds is 2. The van der Waals surface area contributed by atoms with Crippen molar-refractivity contribution in [1.29, 1.82) is 0 Å². The minimum atomic E-state index is -4.60. The SMILES string of the molecule is Nc1ccc(NC(=O)c2cccc(Br)c2)c(C(F)(F)F)c1. The zero-order valence-corrected chi connectivity index (χ0v) is 12.1. The molecule has 0 atom stereocenters. The normalized spacial score (nSPS) is 11.2. The van der Waals surface area contributed by atoms with E-state index in [0.29, 0.717) is 4.47 Å². The molecule has 0 bridgehead atoms. The summed E-state index contributed by atoms with van der Waals surface area (Å²) >= 11 is 3.20. The van der Waals surface area contributed by atoms with Crippen LogP contribution in [0.4, 0.5) is 24.5 Å². The molecule has 0 unspecified atom stereocenters. The summed E-state index contributed by atoms with van der Waals surface area (Å²) in [5, 5.41) is 2.25. The molecule has 21 heavy (non-hydrogen) atoms. The van der Waals surface area contributed by atoms with Crippen LogP contribution in [0.15, 0.2) is 46.9 Å². The zero-order chi connectivity index (χ0) is 15.6. The predicted molar refractivity (Wildman–Crippen MR) is 78.0 cm³/mol. The maximum atomic E-state index is 12.9. The van der Waals surface area contributed by atoms with E-state index in [0.717, 1.165) is 12.1 Å². The highest BCUT2D eigenvalue weighted by molar-refractivity contribution is 9.10. The van der Waals surface area contributed by atoms with E-state index >= 15 is 0 Å². The molecule has 0 aliphatic carbocycles. The quantitative estimate of drug-likeness (QED) is 0.786. The van der Waals surface area contributed by atoms with Crippen molar-refractivity contribution in [3.05, 3.63) is 58.1 Å². The molecule has 0 saturated heterocycles. The number of amides is 1. The number of hydrogen-bond donors (Lipinski definition) is 2. The lowest BCUT2D eigenvalue weighted by Crippen LogP contribution is -2.17. The Bertz CT molecular complexity index is 686. The molecule has 2 aromatic rings. The Morgan fingerprint density at radius 3 is 2.48 bits per heavy atom.